The molecule has 2 aliphatic rings. The molecule has 3 heterocycles. The Morgan fingerprint density at radius 1 is 1.02 bits per heavy atom. The molecule has 1 N–H and O–H groups in total. The van der Waals surface area contributed by atoms with Crippen LogP contribution in [-0.2, 0) is 22.4 Å². The molecule has 2 unspecified atom stereocenters. The summed E-state index contributed by atoms with van der Waals surface area (Å²) < 4.78 is 47.9. The lowest BCUT2D eigenvalue weighted by molar-refractivity contribution is -0.385. The van der Waals surface area contributed by atoms with Gasteiger partial charge in [-0.3, -0.25) is 24.5 Å². The number of carbonyl (C=O) groups is 2. The average Bonchev–Trinajstić information content (AvgIpc) is 3.46. The number of anilines is 1. The number of thiazole rings is 1. The first kappa shape index (κ1) is 28.7. The van der Waals surface area contributed by atoms with E-state index in [1.807, 2.05) is 31.2 Å². The lowest BCUT2D eigenvalue weighted by Gasteiger charge is -2.30. The Morgan fingerprint density at radius 2 is 1.74 bits per heavy atom. The number of rotatable bonds is 6. The number of hydrogen-bond acceptors (Lipinski definition) is 8. The van der Waals surface area contributed by atoms with E-state index in [1.165, 1.54) is 24.3 Å². The average molecular weight is 628 g/mol. The highest BCUT2D eigenvalue weighted by Crippen LogP contribution is 2.55. The number of benzene rings is 3. The van der Waals surface area contributed by atoms with Crippen LogP contribution in [0.25, 0.3) is 0 Å². The van der Waals surface area contributed by atoms with Crippen LogP contribution in [0.15, 0.2) is 76.6 Å². The lowest BCUT2D eigenvalue weighted by atomic mass is 9.82. The molecule has 4 aromatic rings. The molecule has 1 saturated heterocycles. The largest absolute Gasteiger partial charge is 0.489 e. The van der Waals surface area contributed by atoms with Crippen molar-refractivity contribution in [2.45, 2.75) is 35.9 Å². The first-order chi connectivity index (χ1) is 20.5. The zero-order valence-electron chi connectivity index (χ0n) is 22.1. The summed E-state index contributed by atoms with van der Waals surface area (Å²) >= 11 is 1.66. The number of aryl methyl sites for hydroxylation is 1. The fraction of sp³-hybridized carbons (Fsp3) is 0.207. The van der Waals surface area contributed by atoms with Crippen molar-refractivity contribution in [3.63, 3.8) is 0 Å². The van der Waals surface area contributed by atoms with Gasteiger partial charge >= 0.3 is 11.0 Å². The molecular formula is C29H20F3N3O6S2. The number of nitro benzene ring substituents is 1. The summed E-state index contributed by atoms with van der Waals surface area (Å²) in [7, 11) is 0. The highest BCUT2D eigenvalue weighted by atomic mass is 32.2. The molecule has 6 rings (SSSR count). The first-order valence-corrected chi connectivity index (χ1v) is 14.5. The molecule has 3 atom stereocenters. The number of nitrogens with zero attached hydrogens (tertiary/aromatic N) is 2. The number of amides is 2. The minimum atomic E-state index is -4.85. The molecule has 14 heteroatoms. The molecule has 1 fully saturated rings. The second-order valence-electron chi connectivity index (χ2n) is 9.97. The molecule has 220 valence electrons. The Balaban J connectivity index is 1.50. The topological polar surface area (TPSA) is 123 Å². The molecule has 2 aliphatic heterocycles. The number of thioether (sulfide) groups is 1. The van der Waals surface area contributed by atoms with Crippen LogP contribution in [0.4, 0.5) is 24.5 Å². The van der Waals surface area contributed by atoms with Crippen molar-refractivity contribution in [3.05, 3.63) is 114 Å². The quantitative estimate of drug-likeness (QED) is 0.157. The number of non-ortho nitro benzene ring substituents is 1. The van der Waals surface area contributed by atoms with Gasteiger partial charge in [-0.15, -0.1) is 0 Å². The fourth-order valence-corrected chi connectivity index (χ4v) is 7.96. The van der Waals surface area contributed by atoms with E-state index in [-0.39, 0.29) is 28.6 Å². The number of aromatic nitrogens is 1. The summed E-state index contributed by atoms with van der Waals surface area (Å²) in [6, 6.07) is 15.6. The van der Waals surface area contributed by atoms with E-state index in [4.69, 9.17) is 4.74 Å². The van der Waals surface area contributed by atoms with Crippen LogP contribution in [0.3, 0.4) is 0 Å². The number of aromatic amines is 1. The van der Waals surface area contributed by atoms with Crippen LogP contribution < -0.4 is 14.5 Å². The van der Waals surface area contributed by atoms with Crippen molar-refractivity contribution in [3.8, 4) is 5.75 Å². The van der Waals surface area contributed by atoms with Gasteiger partial charge in [0.05, 0.1) is 27.1 Å². The van der Waals surface area contributed by atoms with Crippen molar-refractivity contribution in [2.75, 3.05) is 4.90 Å². The third-order valence-corrected chi connectivity index (χ3v) is 9.86. The van der Waals surface area contributed by atoms with Gasteiger partial charge in [-0.05, 0) is 36.2 Å². The third-order valence-electron chi connectivity index (χ3n) is 7.46. The molecule has 1 aromatic heterocycles. The summed E-state index contributed by atoms with van der Waals surface area (Å²) in [5.74, 6) is -4.00. The molecule has 3 aromatic carbocycles. The number of fused-ring (bicyclic) bond motifs is 2. The maximum Gasteiger partial charge on any atom is 0.418 e. The number of nitro groups is 1. The van der Waals surface area contributed by atoms with E-state index in [0.717, 1.165) is 52.4 Å². The van der Waals surface area contributed by atoms with Crippen molar-refractivity contribution < 1.29 is 32.4 Å². The Bertz CT molecular complexity index is 1850. The number of carbonyl (C=O) groups excluding carboxylic acids is 2. The Kier molecular flexibility index (Phi) is 7.13. The SMILES string of the molecule is Cc1ccccc1COc1ccc([N+](=O)[O-])cc1[C@H]1c2sc(=O)[nH]c2SC2C(=O)N(c3ccccc3C(F)(F)F)C(=O)C21. The zero-order valence-corrected chi connectivity index (χ0v) is 23.7. The highest BCUT2D eigenvalue weighted by Gasteiger charge is 2.58. The normalized spacial score (nSPS) is 19.7. The monoisotopic (exact) mass is 627 g/mol. The number of H-pyrrole nitrogens is 1. The summed E-state index contributed by atoms with van der Waals surface area (Å²) in [4.78, 5) is 54.5. The van der Waals surface area contributed by atoms with E-state index in [9.17, 15) is 37.7 Å². The molecule has 0 spiro atoms. The molecule has 2 amide bonds. The van der Waals surface area contributed by atoms with Crippen molar-refractivity contribution in [1.29, 1.82) is 0 Å². The van der Waals surface area contributed by atoms with Gasteiger partial charge in [-0.2, -0.15) is 13.2 Å². The predicted molar refractivity (Wildman–Crippen MR) is 152 cm³/mol. The second-order valence-corrected chi connectivity index (χ2v) is 12.1. The second kappa shape index (κ2) is 10.7. The molecule has 0 bridgehead atoms. The summed E-state index contributed by atoms with van der Waals surface area (Å²) in [6.07, 6.45) is -4.85. The smallest absolute Gasteiger partial charge is 0.418 e. The van der Waals surface area contributed by atoms with E-state index in [2.05, 4.69) is 4.98 Å². The first-order valence-electron chi connectivity index (χ1n) is 12.8. The van der Waals surface area contributed by atoms with Gasteiger partial charge in [0.1, 0.15) is 17.6 Å². The standard InChI is InChI=1S/C29H20F3N3O6S2/c1-14-6-2-3-7-15(14)13-41-20-11-10-16(35(39)40)12-17(20)21-22-24(42-25-23(21)43-28(38)33-25)27(37)34(26(22)36)19-9-5-4-8-18(19)29(30,31)32/h2-12,21-22,24H,13H2,1H3,(H,33,38)/t21-,22?,24?/m1/s1. The maximum atomic E-state index is 14.1. The predicted octanol–water partition coefficient (Wildman–Crippen LogP) is 6.05. The number of halogens is 3. The summed E-state index contributed by atoms with van der Waals surface area (Å²) in [6.45, 7) is 1.96. The third kappa shape index (κ3) is 4.99. The van der Waals surface area contributed by atoms with Gasteiger partial charge < -0.3 is 9.72 Å². The Labute approximate surface area is 249 Å². The van der Waals surface area contributed by atoms with Gasteiger partial charge in [0.2, 0.25) is 11.8 Å². The lowest BCUT2D eigenvalue weighted by Crippen LogP contribution is -2.33. The van der Waals surface area contributed by atoms with Gasteiger partial charge in [0, 0.05) is 28.5 Å². The van der Waals surface area contributed by atoms with Crippen LogP contribution in [-0.4, -0.2) is 27.0 Å². The fourth-order valence-electron chi connectivity index (χ4n) is 5.45. The Hall–Kier alpha value is -4.43. The number of para-hydroxylation sites is 1. The van der Waals surface area contributed by atoms with Gasteiger partial charge in [0.25, 0.3) is 5.69 Å². The van der Waals surface area contributed by atoms with E-state index < -0.39 is 56.1 Å². The molecule has 43 heavy (non-hydrogen) atoms. The molecule has 0 saturated carbocycles. The summed E-state index contributed by atoms with van der Waals surface area (Å²) in [5.41, 5.74) is -0.154. The van der Waals surface area contributed by atoms with Crippen molar-refractivity contribution in [2.24, 2.45) is 5.92 Å². The summed E-state index contributed by atoms with van der Waals surface area (Å²) in [5, 5.41) is 10.9. The van der Waals surface area contributed by atoms with E-state index in [1.54, 1.807) is 0 Å². The van der Waals surface area contributed by atoms with Crippen LogP contribution in [0, 0.1) is 23.0 Å². The van der Waals surface area contributed by atoms with Crippen LogP contribution in [0.2, 0.25) is 0 Å². The Morgan fingerprint density at radius 3 is 2.47 bits per heavy atom. The van der Waals surface area contributed by atoms with Crippen molar-refractivity contribution in [1.82, 2.24) is 4.98 Å². The molecule has 9 nitrogen and oxygen atoms in total. The van der Waals surface area contributed by atoms with Gasteiger partial charge in [0.15, 0.2) is 0 Å². The molecule has 0 aliphatic carbocycles. The molecule has 0 radical (unpaired) electrons. The van der Waals surface area contributed by atoms with Gasteiger partial charge in [-0.25, -0.2) is 4.90 Å². The van der Waals surface area contributed by atoms with Crippen molar-refractivity contribution >= 4 is 46.3 Å². The number of alkyl halides is 3. The molecular weight excluding hydrogens is 607 g/mol. The van der Waals surface area contributed by atoms with Crippen LogP contribution in [0.5, 0.6) is 5.75 Å². The number of hydrogen-bond donors (Lipinski definition) is 1. The maximum absolute atomic E-state index is 14.1. The van der Waals surface area contributed by atoms with Crippen LogP contribution in [0.1, 0.15) is 33.0 Å². The number of ether oxygens (including phenoxy) is 1. The number of imide groups is 1. The van der Waals surface area contributed by atoms with Crippen LogP contribution >= 0.6 is 23.1 Å². The zero-order chi connectivity index (χ0) is 30.6. The van der Waals surface area contributed by atoms with Gasteiger partial charge in [-0.1, -0.05) is 59.5 Å². The minimum absolute atomic E-state index is 0.0707. The minimum Gasteiger partial charge on any atom is -0.489 e. The number of nitrogens with one attached hydrogen (secondary N) is 1. The van der Waals surface area contributed by atoms with E-state index in [0.29, 0.717) is 9.78 Å². The van der Waals surface area contributed by atoms with E-state index >= 15 is 0 Å². The highest BCUT2D eigenvalue weighted by molar-refractivity contribution is 8.00.